The lowest BCUT2D eigenvalue weighted by Crippen LogP contribution is -2.60. The highest BCUT2D eigenvalue weighted by Crippen LogP contribution is 2.31. The van der Waals surface area contributed by atoms with Crippen molar-refractivity contribution in [1.82, 2.24) is 46.3 Å². The number of primary amides is 1. The monoisotopic (exact) mass is 1330 g/mol. The molecule has 0 bridgehead atoms. The first-order chi connectivity index (χ1) is 44.8. The van der Waals surface area contributed by atoms with Gasteiger partial charge in [0.05, 0.1) is 49.3 Å². The lowest BCUT2D eigenvalue weighted by Gasteiger charge is -2.41. The Kier molecular flexibility index (Phi) is 34.4. The number of anilines is 1. The SMILES string of the molecule is CC[C@H](C)[C@@H]([C@@H](CC(=O)N1CCC[C@H]1[C@H](OC)[C@@H](C)C(=O)N[C@@H](Cc1ccccc1)c1nccs1)OC)N(C)C(=O)[C@@H](NC(=O)[C@H](C(C)C)N(C)C(=O)OCc1ccc(NC(=O)[C@H](CCCCCNC(N)=O)NC(=O)[C@@H](NC(=O)CCCCCON)C(C)C)cc1)C(C)C. The van der Waals surface area contributed by atoms with Gasteiger partial charge in [-0.15, -0.1) is 11.3 Å². The van der Waals surface area contributed by atoms with E-state index >= 15 is 0 Å². The van der Waals surface area contributed by atoms with E-state index in [2.05, 4.69) is 41.7 Å². The fourth-order valence-electron chi connectivity index (χ4n) is 12.1. The Morgan fingerprint density at radius 3 is 2.01 bits per heavy atom. The van der Waals surface area contributed by atoms with Gasteiger partial charge in [-0.1, -0.05) is 130 Å². The molecule has 1 aromatic heterocycles. The third-order valence-electron chi connectivity index (χ3n) is 17.6. The number of carbonyl (C=O) groups excluding carboxylic acids is 9. The van der Waals surface area contributed by atoms with Gasteiger partial charge in [-0.05, 0) is 91.9 Å². The minimum atomic E-state index is -1.06. The molecule has 2 aromatic carbocycles. The number of nitrogens with zero attached hydrogens (tertiary/aromatic N) is 4. The van der Waals surface area contributed by atoms with Crippen LogP contribution in [0.5, 0.6) is 0 Å². The number of hydrogen-bond acceptors (Lipinski definition) is 16. The van der Waals surface area contributed by atoms with Crippen LogP contribution >= 0.6 is 11.3 Å². The van der Waals surface area contributed by atoms with Crippen molar-refractivity contribution in [3.05, 3.63) is 82.3 Å². The van der Waals surface area contributed by atoms with E-state index in [1.807, 2.05) is 70.3 Å². The van der Waals surface area contributed by atoms with Crippen LogP contribution in [0.15, 0.2) is 66.2 Å². The van der Waals surface area contributed by atoms with E-state index in [0.717, 1.165) is 17.0 Å². The highest BCUT2D eigenvalue weighted by molar-refractivity contribution is 7.09. The standard InChI is InChI=1S/C68H108N12O13S/c1-14-45(8)59(53(90-12)40-55(82)80-36-24-28-52(80)60(91-13)46(9)61(83)75-51(65-71-35-38-94-65)39-47-25-18-15-19-26-47)78(10)66(87)57(43(4)5)77-64(86)58(44(6)7)79(11)68(89)92-41-48-30-32-49(33-31-48)73-62(84)50(27-20-16-22-34-72-67(69)88)74-63(85)56(42(2)3)76-54(81)29-21-17-23-37-93-70/h15,18-19,25-26,30-33,35,38,42-46,50-53,56-60H,14,16-17,20-24,27-29,34,36-37,39-41,70H2,1-13H3,(H,73,84)(H,74,85)(H,75,83)(H,76,81)(H,77,86)(H3,69,72,88)/t45-,46+,50-,51-,52-,53+,56-,57-,58-,59-,60+/m0/s1. The second-order valence-corrected chi connectivity index (χ2v) is 26.6. The minimum Gasteiger partial charge on any atom is -0.445 e. The molecule has 1 aliphatic rings. The molecule has 2 heterocycles. The van der Waals surface area contributed by atoms with Crippen LogP contribution in [0.2, 0.25) is 0 Å². The summed E-state index contributed by atoms with van der Waals surface area (Å²) < 4.78 is 17.9. The molecule has 4 rings (SSSR count). The summed E-state index contributed by atoms with van der Waals surface area (Å²) in [5, 5.41) is 19.9. The predicted molar refractivity (Wildman–Crippen MR) is 361 cm³/mol. The number of benzene rings is 2. The lowest BCUT2D eigenvalue weighted by molar-refractivity contribution is -0.148. The molecule has 1 aliphatic heterocycles. The summed E-state index contributed by atoms with van der Waals surface area (Å²) in [6, 6.07) is 10.4. The number of ether oxygens (including phenoxy) is 3. The fraction of sp³-hybridized carbons (Fsp3) is 0.647. The minimum absolute atomic E-state index is 0.0664. The molecule has 524 valence electrons. The molecule has 0 aliphatic carbocycles. The average molecular weight is 1330 g/mol. The van der Waals surface area contributed by atoms with Crippen LogP contribution in [0, 0.1) is 29.6 Å². The third-order valence-corrected chi connectivity index (χ3v) is 18.4. The maximum atomic E-state index is 14.9. The molecule has 3 aromatic rings. The molecule has 1 fully saturated rings. The van der Waals surface area contributed by atoms with Crippen LogP contribution in [0.4, 0.5) is 15.3 Å². The Morgan fingerprint density at radius 1 is 0.734 bits per heavy atom. The number of rotatable bonds is 41. The van der Waals surface area contributed by atoms with Gasteiger partial charge in [0.1, 0.15) is 35.8 Å². The first-order valence-electron chi connectivity index (χ1n) is 33.2. The summed E-state index contributed by atoms with van der Waals surface area (Å²) in [5.74, 6) is 0.487. The zero-order valence-corrected chi connectivity index (χ0v) is 58.4. The maximum Gasteiger partial charge on any atom is 0.410 e. The Balaban J connectivity index is 1.41. The highest BCUT2D eigenvalue weighted by atomic mass is 32.1. The largest absolute Gasteiger partial charge is 0.445 e. The van der Waals surface area contributed by atoms with Crippen molar-refractivity contribution in [2.45, 2.75) is 207 Å². The number of likely N-dealkylation sites (tertiary alicyclic amines) is 1. The van der Waals surface area contributed by atoms with E-state index in [1.165, 1.54) is 30.4 Å². The van der Waals surface area contributed by atoms with E-state index in [-0.39, 0.29) is 61.5 Å². The van der Waals surface area contributed by atoms with Crippen LogP contribution in [-0.2, 0) is 65.6 Å². The normalized spacial score (nSPS) is 16.3. The van der Waals surface area contributed by atoms with E-state index in [1.54, 1.807) is 82.1 Å². The summed E-state index contributed by atoms with van der Waals surface area (Å²) in [6.45, 7) is 17.6. The molecule has 1 saturated heterocycles. The van der Waals surface area contributed by atoms with E-state index in [0.29, 0.717) is 88.7 Å². The Morgan fingerprint density at radius 2 is 1.41 bits per heavy atom. The number of nitrogens with two attached hydrogens (primary N) is 2. The number of thiazole rings is 1. The number of likely N-dealkylation sites (N-methyl/N-ethyl adjacent to an activating group) is 2. The molecule has 0 spiro atoms. The molecule has 94 heavy (non-hydrogen) atoms. The van der Waals surface area contributed by atoms with Crippen molar-refractivity contribution in [2.24, 2.45) is 41.2 Å². The number of aromatic nitrogens is 1. The first kappa shape index (κ1) is 79.2. The number of urea groups is 1. The van der Waals surface area contributed by atoms with E-state index in [9.17, 15) is 43.2 Å². The van der Waals surface area contributed by atoms with Crippen molar-refractivity contribution >= 4 is 70.5 Å². The van der Waals surface area contributed by atoms with Gasteiger partial charge in [0.25, 0.3) is 0 Å². The van der Waals surface area contributed by atoms with Crippen molar-refractivity contribution in [1.29, 1.82) is 0 Å². The zero-order chi connectivity index (χ0) is 69.6. The van der Waals surface area contributed by atoms with E-state index < -0.39 is 102 Å². The summed E-state index contributed by atoms with van der Waals surface area (Å²) in [7, 11) is 6.20. The molecular formula is C68H108N12O13S. The highest BCUT2D eigenvalue weighted by Gasteiger charge is 2.44. The second-order valence-electron chi connectivity index (χ2n) is 25.7. The molecule has 25 nitrogen and oxygen atoms in total. The summed E-state index contributed by atoms with van der Waals surface area (Å²) >= 11 is 1.47. The van der Waals surface area contributed by atoms with Crippen LogP contribution < -0.4 is 43.5 Å². The van der Waals surface area contributed by atoms with Gasteiger partial charge in [-0.2, -0.15) is 0 Å². The molecule has 26 heteroatoms. The summed E-state index contributed by atoms with van der Waals surface area (Å²) in [5.41, 5.74) is 7.21. The molecule has 0 saturated carbocycles. The quantitative estimate of drug-likeness (QED) is 0.0207. The van der Waals surface area contributed by atoms with Crippen molar-refractivity contribution in [3.8, 4) is 0 Å². The molecule has 11 atom stereocenters. The smallest absolute Gasteiger partial charge is 0.410 e. The number of methoxy groups -OCH3 is 2. The van der Waals surface area contributed by atoms with Crippen molar-refractivity contribution in [2.75, 3.05) is 53.3 Å². The van der Waals surface area contributed by atoms with Crippen LogP contribution in [0.3, 0.4) is 0 Å². The number of carbonyl (C=O) groups is 9. The van der Waals surface area contributed by atoms with Crippen molar-refractivity contribution < 1.29 is 62.2 Å². The van der Waals surface area contributed by atoms with E-state index in [4.69, 9.17) is 25.8 Å². The summed E-state index contributed by atoms with van der Waals surface area (Å²) in [4.78, 5) is 137. The van der Waals surface area contributed by atoms with Crippen LogP contribution in [0.25, 0.3) is 0 Å². The maximum absolute atomic E-state index is 14.9. The van der Waals surface area contributed by atoms with Gasteiger partial charge in [0, 0.05) is 65.1 Å². The van der Waals surface area contributed by atoms with Crippen LogP contribution in [-0.4, -0.2) is 170 Å². The fourth-order valence-corrected chi connectivity index (χ4v) is 12.7. The molecule has 10 amide bonds. The predicted octanol–water partition coefficient (Wildman–Crippen LogP) is 7.14. The van der Waals surface area contributed by atoms with Gasteiger partial charge >= 0.3 is 12.1 Å². The molecular weight excluding hydrogens is 1220 g/mol. The van der Waals surface area contributed by atoms with Gasteiger partial charge in [-0.25, -0.2) is 20.5 Å². The second kappa shape index (κ2) is 40.9. The number of amides is 10. The van der Waals surface area contributed by atoms with Gasteiger partial charge in [0.2, 0.25) is 41.4 Å². The lowest BCUT2D eigenvalue weighted by atomic mass is 9.89. The van der Waals surface area contributed by atoms with Crippen LogP contribution in [0.1, 0.15) is 162 Å². The van der Waals surface area contributed by atoms with Crippen molar-refractivity contribution in [3.63, 3.8) is 0 Å². The zero-order valence-electron chi connectivity index (χ0n) is 57.6. The topological polar surface area (TPSA) is 337 Å². The average Bonchev–Trinajstić information content (AvgIpc) is 1.42. The Hall–Kier alpha value is -7.26. The number of hydrogen-bond donors (Lipinski definition) is 8. The molecule has 0 unspecified atom stereocenters. The Labute approximate surface area is 560 Å². The summed E-state index contributed by atoms with van der Waals surface area (Å²) in [6.07, 6.45) is 6.18. The molecule has 10 N–H and O–H groups in total. The van der Waals surface area contributed by atoms with Gasteiger partial charge in [-0.3, -0.25) is 38.5 Å². The number of unbranched alkanes of at least 4 members (excludes halogenated alkanes) is 4. The number of nitrogens with one attached hydrogen (secondary N) is 6. The molecule has 0 radical (unpaired) electrons. The Bertz CT molecular complexity index is 2830. The van der Waals surface area contributed by atoms with Gasteiger partial charge < -0.3 is 66.5 Å². The third kappa shape index (κ3) is 24.8. The van der Waals surface area contributed by atoms with Gasteiger partial charge in [0.15, 0.2) is 0 Å². The first-order valence-corrected chi connectivity index (χ1v) is 34.1.